The number of hydrazine groups is 1. The molecule has 0 aromatic heterocycles. The first-order valence-corrected chi connectivity index (χ1v) is 4.01. The average Bonchev–Trinajstić information content (AvgIpc) is 1.99. The van der Waals surface area contributed by atoms with Crippen molar-refractivity contribution < 1.29 is 4.79 Å². The van der Waals surface area contributed by atoms with E-state index in [1.165, 1.54) is 0 Å². The second-order valence-electron chi connectivity index (χ2n) is 2.55. The molecule has 0 aliphatic rings. The van der Waals surface area contributed by atoms with Gasteiger partial charge in [-0.3, -0.25) is 4.79 Å². The van der Waals surface area contributed by atoms with Crippen LogP contribution in [-0.4, -0.2) is 23.6 Å². The van der Waals surface area contributed by atoms with E-state index in [1.54, 1.807) is 0 Å². The molecule has 0 spiro atoms. The summed E-state index contributed by atoms with van der Waals surface area (Å²) in [6.45, 7) is 3.91. The van der Waals surface area contributed by atoms with E-state index < -0.39 is 0 Å². The summed E-state index contributed by atoms with van der Waals surface area (Å²) in [4.78, 5) is 11.0. The predicted octanol–water partition coefficient (Wildman–Crippen LogP) is -1.15. The molecule has 5 N–H and O–H groups in total. The SMILES string of the molecule is CC(C)NC(=O)CNC(=S)NN. The molecule has 0 saturated heterocycles. The maximum Gasteiger partial charge on any atom is 0.239 e. The molecule has 0 aromatic rings. The minimum absolute atomic E-state index is 0.109. The Bertz CT molecular complexity index is 171. The number of hydrogen-bond donors (Lipinski definition) is 4. The third-order valence-electron chi connectivity index (χ3n) is 0.990. The van der Waals surface area contributed by atoms with Gasteiger partial charge in [0.05, 0.1) is 6.54 Å². The summed E-state index contributed by atoms with van der Waals surface area (Å²) >= 11 is 4.66. The standard InChI is InChI=1S/C6H14N4OS/c1-4(2)9-5(11)3-8-6(12)10-7/h4H,3,7H2,1-2H3,(H,9,11)(H2,8,10,12). The maximum absolute atomic E-state index is 11.0. The quantitative estimate of drug-likeness (QED) is 0.257. The van der Waals surface area contributed by atoms with Crippen molar-refractivity contribution in [2.24, 2.45) is 5.84 Å². The van der Waals surface area contributed by atoms with Gasteiger partial charge in [0, 0.05) is 6.04 Å². The third kappa shape index (κ3) is 5.87. The molecule has 0 aliphatic carbocycles. The summed E-state index contributed by atoms with van der Waals surface area (Å²) < 4.78 is 0. The Hall–Kier alpha value is -0.880. The molecule has 0 aliphatic heterocycles. The van der Waals surface area contributed by atoms with Gasteiger partial charge >= 0.3 is 0 Å². The third-order valence-corrected chi connectivity index (χ3v) is 1.25. The average molecular weight is 190 g/mol. The number of hydrogen-bond acceptors (Lipinski definition) is 3. The van der Waals surface area contributed by atoms with Gasteiger partial charge in [-0.25, -0.2) is 5.84 Å². The number of nitrogens with one attached hydrogen (secondary N) is 3. The van der Waals surface area contributed by atoms with Crippen molar-refractivity contribution in [1.82, 2.24) is 16.1 Å². The number of carbonyl (C=O) groups excluding carboxylic acids is 1. The molecule has 0 saturated carbocycles. The second kappa shape index (κ2) is 5.73. The topological polar surface area (TPSA) is 79.2 Å². The molecule has 0 fully saturated rings. The van der Waals surface area contributed by atoms with E-state index in [0.29, 0.717) is 0 Å². The summed E-state index contributed by atoms with van der Waals surface area (Å²) in [5.41, 5.74) is 2.21. The van der Waals surface area contributed by atoms with Gasteiger partial charge in [-0.2, -0.15) is 0 Å². The molecule has 0 heterocycles. The van der Waals surface area contributed by atoms with E-state index in [-0.39, 0.29) is 23.6 Å². The van der Waals surface area contributed by atoms with Gasteiger partial charge in [-0.15, -0.1) is 0 Å². The molecule has 1 amide bonds. The summed E-state index contributed by atoms with van der Waals surface area (Å²) in [6.07, 6.45) is 0. The zero-order valence-corrected chi connectivity index (χ0v) is 7.99. The summed E-state index contributed by atoms with van der Waals surface area (Å²) in [5, 5.41) is 5.57. The normalized spacial score (nSPS) is 9.33. The van der Waals surface area contributed by atoms with Gasteiger partial charge in [0.25, 0.3) is 0 Å². The molecule has 0 rings (SSSR count). The molecule has 70 valence electrons. The maximum atomic E-state index is 11.0. The highest BCUT2D eigenvalue weighted by atomic mass is 32.1. The van der Waals surface area contributed by atoms with Crippen LogP contribution in [0.3, 0.4) is 0 Å². The lowest BCUT2D eigenvalue weighted by molar-refractivity contribution is -0.120. The van der Waals surface area contributed by atoms with Crippen LogP contribution in [0.4, 0.5) is 0 Å². The Labute approximate surface area is 77.0 Å². The van der Waals surface area contributed by atoms with Crippen molar-refractivity contribution in [1.29, 1.82) is 0 Å². The van der Waals surface area contributed by atoms with Crippen LogP contribution >= 0.6 is 12.2 Å². The molecule has 0 atom stereocenters. The highest BCUT2D eigenvalue weighted by molar-refractivity contribution is 7.80. The molecular weight excluding hydrogens is 176 g/mol. The Kier molecular flexibility index (Phi) is 5.31. The monoisotopic (exact) mass is 190 g/mol. The van der Waals surface area contributed by atoms with Crippen LogP contribution in [0, 0.1) is 0 Å². The zero-order valence-electron chi connectivity index (χ0n) is 7.18. The van der Waals surface area contributed by atoms with Crippen LogP contribution < -0.4 is 21.9 Å². The lowest BCUT2D eigenvalue weighted by atomic mass is 10.4. The molecule has 5 nitrogen and oxygen atoms in total. The zero-order chi connectivity index (χ0) is 9.56. The van der Waals surface area contributed by atoms with Crippen LogP contribution in [0.1, 0.15) is 13.8 Å². The number of rotatable bonds is 3. The number of amides is 1. The van der Waals surface area contributed by atoms with Gasteiger partial charge in [-0.1, -0.05) is 0 Å². The Morgan fingerprint density at radius 2 is 2.17 bits per heavy atom. The number of nitrogens with two attached hydrogens (primary N) is 1. The van der Waals surface area contributed by atoms with E-state index in [2.05, 4.69) is 28.3 Å². The Morgan fingerprint density at radius 3 is 2.58 bits per heavy atom. The molecule has 0 aromatic carbocycles. The van der Waals surface area contributed by atoms with Gasteiger partial charge in [-0.05, 0) is 26.1 Å². The fraction of sp³-hybridized carbons (Fsp3) is 0.667. The molecule has 12 heavy (non-hydrogen) atoms. The molecular formula is C6H14N4OS. The van der Waals surface area contributed by atoms with Gasteiger partial charge < -0.3 is 16.1 Å². The minimum atomic E-state index is -0.109. The van der Waals surface area contributed by atoms with E-state index in [9.17, 15) is 4.79 Å². The van der Waals surface area contributed by atoms with E-state index in [4.69, 9.17) is 5.84 Å². The van der Waals surface area contributed by atoms with Crippen LogP contribution in [0.25, 0.3) is 0 Å². The minimum Gasteiger partial charge on any atom is -0.353 e. The van der Waals surface area contributed by atoms with Crippen molar-refractivity contribution in [2.45, 2.75) is 19.9 Å². The van der Waals surface area contributed by atoms with E-state index in [0.717, 1.165) is 0 Å². The van der Waals surface area contributed by atoms with Crippen LogP contribution in [-0.2, 0) is 4.79 Å². The molecule has 6 heteroatoms. The smallest absolute Gasteiger partial charge is 0.239 e. The number of thiocarbonyl (C=S) groups is 1. The highest BCUT2D eigenvalue weighted by Crippen LogP contribution is 1.75. The summed E-state index contributed by atoms with van der Waals surface area (Å²) in [5.74, 6) is 4.87. The van der Waals surface area contributed by atoms with Gasteiger partial charge in [0.15, 0.2) is 5.11 Å². The van der Waals surface area contributed by atoms with E-state index >= 15 is 0 Å². The first-order valence-electron chi connectivity index (χ1n) is 3.60. The van der Waals surface area contributed by atoms with Crippen molar-refractivity contribution in [2.75, 3.05) is 6.54 Å². The fourth-order valence-corrected chi connectivity index (χ4v) is 0.657. The Balaban J connectivity index is 3.51. The largest absolute Gasteiger partial charge is 0.353 e. The molecule has 0 bridgehead atoms. The fourth-order valence-electron chi connectivity index (χ4n) is 0.585. The highest BCUT2D eigenvalue weighted by Gasteiger charge is 2.02. The van der Waals surface area contributed by atoms with Crippen molar-refractivity contribution >= 4 is 23.2 Å². The van der Waals surface area contributed by atoms with Gasteiger partial charge in [0.2, 0.25) is 5.91 Å². The summed E-state index contributed by atoms with van der Waals surface area (Å²) in [6, 6.07) is 0.138. The van der Waals surface area contributed by atoms with Crippen molar-refractivity contribution in [3.8, 4) is 0 Å². The number of carbonyl (C=O) groups is 1. The first-order chi connectivity index (χ1) is 5.56. The van der Waals surface area contributed by atoms with Crippen molar-refractivity contribution in [3.63, 3.8) is 0 Å². The van der Waals surface area contributed by atoms with Crippen LogP contribution in [0.15, 0.2) is 0 Å². The van der Waals surface area contributed by atoms with Crippen molar-refractivity contribution in [3.05, 3.63) is 0 Å². The summed E-state index contributed by atoms with van der Waals surface area (Å²) in [7, 11) is 0. The molecule has 0 unspecified atom stereocenters. The lowest BCUT2D eigenvalue weighted by Gasteiger charge is -2.09. The lowest BCUT2D eigenvalue weighted by Crippen LogP contribution is -2.45. The van der Waals surface area contributed by atoms with Crippen LogP contribution in [0.2, 0.25) is 0 Å². The predicted molar refractivity (Wildman–Crippen MR) is 51.2 cm³/mol. The van der Waals surface area contributed by atoms with E-state index in [1.807, 2.05) is 13.8 Å². The van der Waals surface area contributed by atoms with Gasteiger partial charge in [0.1, 0.15) is 0 Å². The first kappa shape index (κ1) is 11.1. The van der Waals surface area contributed by atoms with Crippen LogP contribution in [0.5, 0.6) is 0 Å². The second-order valence-corrected chi connectivity index (χ2v) is 2.96. The Morgan fingerprint density at radius 1 is 1.58 bits per heavy atom. The molecule has 0 radical (unpaired) electrons.